The molecule has 0 bridgehead atoms. The van der Waals surface area contributed by atoms with Gasteiger partial charge in [-0.05, 0) is 164 Å². The summed E-state index contributed by atoms with van der Waals surface area (Å²) in [5.41, 5.74) is 28.1. The van der Waals surface area contributed by atoms with Gasteiger partial charge in [-0.3, -0.25) is 0 Å². The maximum absolute atomic E-state index is 7.76. The first-order valence-corrected chi connectivity index (χ1v) is 28.1. The summed E-state index contributed by atoms with van der Waals surface area (Å²) in [5, 5.41) is 0. The lowest BCUT2D eigenvalue weighted by molar-refractivity contribution is 0.491. The Morgan fingerprint density at radius 2 is 0.519 bits per heavy atom. The number of rotatable bonds is 5. The lowest BCUT2D eigenvalue weighted by atomic mass is 9.28. The summed E-state index contributed by atoms with van der Waals surface area (Å²) in [6.07, 6.45) is 0. The Labute approximate surface area is 471 Å². The molecule has 9 heteroatoms. The normalized spacial score (nSPS) is 14.1. The van der Waals surface area contributed by atoms with Crippen molar-refractivity contribution in [2.45, 2.75) is 0 Å². The Hall–Kier alpha value is -10.4. The average Bonchev–Trinajstić information content (AvgIpc) is 1.35. The molecule has 6 aliphatic heterocycles. The minimum Gasteiger partial charge on any atom is -0.459 e. The van der Waals surface area contributed by atoms with Crippen molar-refractivity contribution in [3.63, 3.8) is 0 Å². The van der Waals surface area contributed by atoms with Gasteiger partial charge >= 0.3 is 0 Å². The molecule has 0 fully saturated rings. The summed E-state index contributed by atoms with van der Waals surface area (Å²) >= 11 is 0. The predicted octanol–water partition coefficient (Wildman–Crippen LogP) is 12.3. The van der Waals surface area contributed by atoms with Crippen LogP contribution >= 0.6 is 0 Å². The van der Waals surface area contributed by atoms with E-state index in [0.717, 1.165) is 79.5 Å². The average molecular weight is 1030 g/mol. The number of ether oxygens (including phenoxy) is 1. The van der Waals surface area contributed by atoms with Crippen LogP contribution in [0, 0.1) is 0 Å². The second-order valence-corrected chi connectivity index (χ2v) is 21.9. The molecule has 81 heavy (non-hydrogen) atoms. The predicted molar refractivity (Wildman–Crippen MR) is 340 cm³/mol. The molecule has 12 aromatic rings. The molecule has 0 spiro atoms. The van der Waals surface area contributed by atoms with Crippen LogP contribution in [0.4, 0.5) is 85.3 Å². The fourth-order valence-electron chi connectivity index (χ4n) is 14.7. The molecule has 0 radical (unpaired) electrons. The third kappa shape index (κ3) is 6.20. The number of hydrogen-bond donors (Lipinski definition) is 0. The molecular formula is C72H46B3N5O. The second kappa shape index (κ2) is 17.1. The first-order valence-electron chi connectivity index (χ1n) is 28.1. The van der Waals surface area contributed by atoms with Crippen LogP contribution in [0.15, 0.2) is 279 Å². The maximum atomic E-state index is 7.76. The molecule has 18 rings (SSSR count). The molecule has 6 aliphatic rings. The van der Waals surface area contributed by atoms with Gasteiger partial charge in [0.15, 0.2) is 0 Å². The van der Waals surface area contributed by atoms with Gasteiger partial charge in [0.2, 0.25) is 0 Å². The highest BCUT2D eigenvalue weighted by molar-refractivity contribution is 7.05. The Kier molecular flexibility index (Phi) is 9.40. The summed E-state index contributed by atoms with van der Waals surface area (Å²) in [6.45, 7) is -0.443. The Morgan fingerprint density at radius 3 is 0.988 bits per heavy atom. The van der Waals surface area contributed by atoms with Crippen LogP contribution in [-0.2, 0) is 0 Å². The van der Waals surface area contributed by atoms with E-state index in [4.69, 9.17) is 4.74 Å². The van der Waals surface area contributed by atoms with Gasteiger partial charge in [0.1, 0.15) is 11.5 Å². The van der Waals surface area contributed by atoms with Crippen LogP contribution in [0.2, 0.25) is 0 Å². The Bertz CT molecular complexity index is 4550. The summed E-state index contributed by atoms with van der Waals surface area (Å²) in [6, 6.07) is 103. The van der Waals surface area contributed by atoms with Crippen LogP contribution < -0.4 is 78.4 Å². The van der Waals surface area contributed by atoms with E-state index < -0.39 is 0 Å². The monoisotopic (exact) mass is 1030 g/mol. The molecule has 0 unspecified atom stereocenters. The fourth-order valence-corrected chi connectivity index (χ4v) is 14.7. The van der Waals surface area contributed by atoms with E-state index in [9.17, 15) is 0 Å². The van der Waals surface area contributed by atoms with E-state index in [0.29, 0.717) is 0 Å². The Morgan fingerprint density at radius 1 is 0.210 bits per heavy atom. The highest BCUT2D eigenvalue weighted by Gasteiger charge is 2.52. The van der Waals surface area contributed by atoms with Crippen molar-refractivity contribution in [1.29, 1.82) is 0 Å². The molecule has 0 saturated heterocycles. The van der Waals surface area contributed by atoms with Gasteiger partial charge < -0.3 is 29.2 Å². The van der Waals surface area contributed by atoms with E-state index in [-0.39, 0.29) is 20.1 Å². The largest absolute Gasteiger partial charge is 0.459 e. The minimum atomic E-state index is -0.263. The summed E-state index contributed by atoms with van der Waals surface area (Å²) in [4.78, 5) is 12.5. The SMILES string of the molecule is c1ccc(N2c3ccccc3B3c4cc5c(cc4N(c4ccccc4)c4cccc2c43)N(c2ccccc2)c2cccc3c2B5c2c(cc4c5c2Oc2ccccc2B5c2ccccc2N4c2ccccc2)N3c2ccccc2)cc1. The molecule has 6 heterocycles. The first-order chi connectivity index (χ1) is 40.3. The molecule has 12 aromatic carbocycles. The lowest BCUT2D eigenvalue weighted by Crippen LogP contribution is -2.67. The van der Waals surface area contributed by atoms with Crippen molar-refractivity contribution >= 4 is 155 Å². The van der Waals surface area contributed by atoms with E-state index in [1.165, 1.54) is 66.5 Å². The maximum Gasteiger partial charge on any atom is 0.256 e. The van der Waals surface area contributed by atoms with E-state index >= 15 is 0 Å². The van der Waals surface area contributed by atoms with Gasteiger partial charge in [0, 0.05) is 85.3 Å². The van der Waals surface area contributed by atoms with Gasteiger partial charge in [0.25, 0.3) is 20.1 Å². The van der Waals surface area contributed by atoms with Crippen LogP contribution in [0.25, 0.3) is 0 Å². The van der Waals surface area contributed by atoms with Gasteiger partial charge in [-0.1, -0.05) is 164 Å². The van der Waals surface area contributed by atoms with Gasteiger partial charge in [-0.15, -0.1) is 0 Å². The summed E-state index contributed by atoms with van der Waals surface area (Å²) in [7, 11) is 0. The number of fused-ring (bicyclic) bond motifs is 13. The zero-order valence-electron chi connectivity index (χ0n) is 43.9. The molecule has 0 aromatic heterocycles. The van der Waals surface area contributed by atoms with Crippen LogP contribution in [0.3, 0.4) is 0 Å². The third-order valence-corrected chi connectivity index (χ3v) is 17.8. The zero-order chi connectivity index (χ0) is 52.9. The quantitative estimate of drug-likeness (QED) is 0.159. The smallest absolute Gasteiger partial charge is 0.256 e. The van der Waals surface area contributed by atoms with Crippen molar-refractivity contribution in [2.24, 2.45) is 0 Å². The fraction of sp³-hybridized carbons (Fsp3) is 0. The van der Waals surface area contributed by atoms with Crippen LogP contribution in [0.1, 0.15) is 0 Å². The number of hydrogen-bond acceptors (Lipinski definition) is 6. The molecule has 374 valence electrons. The van der Waals surface area contributed by atoms with Crippen molar-refractivity contribution in [3.05, 3.63) is 279 Å². The van der Waals surface area contributed by atoms with Crippen molar-refractivity contribution in [2.75, 3.05) is 24.5 Å². The second-order valence-electron chi connectivity index (χ2n) is 21.9. The van der Waals surface area contributed by atoms with Gasteiger partial charge in [-0.25, -0.2) is 0 Å². The topological polar surface area (TPSA) is 25.4 Å². The number of para-hydroxylation sites is 8. The summed E-state index contributed by atoms with van der Waals surface area (Å²) in [5.74, 6) is 1.81. The van der Waals surface area contributed by atoms with Gasteiger partial charge in [-0.2, -0.15) is 0 Å². The van der Waals surface area contributed by atoms with E-state index in [1.807, 2.05) is 0 Å². The van der Waals surface area contributed by atoms with E-state index in [2.05, 4.69) is 304 Å². The van der Waals surface area contributed by atoms with Crippen molar-refractivity contribution < 1.29 is 4.74 Å². The Balaban J connectivity index is 0.985. The molecule has 0 amide bonds. The standard InChI is InChI=1S/C72H46B3N5O/c1-6-24-47(25-7-1)76-57-37-19-17-35-53(57)74-55-44-56-64(45-63(55)78(49-28-10-3-11-29-49)60-40-22-39-59(76)68(60)74)79(50-30-12-4-13-31-50)61-41-23-42-62-69(61)75(56)71-66(80(62)51-32-14-5-15-33-51)46-65-70-72(71)81-67-43-21-18-36-54(67)73(70)52-34-16-20-38-58(52)77(65)48-26-8-2-9-27-48/h1-46H. The molecular weight excluding hydrogens is 983 g/mol. The molecule has 0 N–H and O–H groups in total. The minimum absolute atomic E-state index is 0.0868. The first kappa shape index (κ1) is 44.6. The van der Waals surface area contributed by atoms with Crippen molar-refractivity contribution in [1.82, 2.24) is 0 Å². The molecule has 6 nitrogen and oxygen atoms in total. The highest BCUT2D eigenvalue weighted by Crippen LogP contribution is 2.51. The van der Waals surface area contributed by atoms with Crippen LogP contribution in [-0.4, -0.2) is 20.1 Å². The number of anilines is 15. The highest BCUT2D eigenvalue weighted by atomic mass is 16.5. The molecule has 0 atom stereocenters. The zero-order valence-corrected chi connectivity index (χ0v) is 43.9. The third-order valence-electron chi connectivity index (χ3n) is 17.8. The van der Waals surface area contributed by atoms with E-state index in [1.54, 1.807) is 0 Å². The molecule has 0 aliphatic carbocycles. The van der Waals surface area contributed by atoms with Crippen LogP contribution in [0.5, 0.6) is 11.5 Å². The lowest BCUT2D eigenvalue weighted by Gasteiger charge is -2.48. The van der Waals surface area contributed by atoms with Crippen molar-refractivity contribution in [3.8, 4) is 11.5 Å². The number of nitrogens with zero attached hydrogens (tertiary/aromatic N) is 5. The van der Waals surface area contributed by atoms with Gasteiger partial charge in [0.05, 0.1) is 0 Å². The number of benzene rings is 12. The molecule has 0 saturated carbocycles. The summed E-state index contributed by atoms with van der Waals surface area (Å²) < 4.78 is 7.76.